The van der Waals surface area contributed by atoms with Gasteiger partial charge in [-0.2, -0.15) is 0 Å². The molecule has 19 heavy (non-hydrogen) atoms. The molecular formula is C15H23N3O. The quantitative estimate of drug-likeness (QED) is 0.882. The van der Waals surface area contributed by atoms with E-state index in [1.165, 1.54) is 0 Å². The van der Waals surface area contributed by atoms with Gasteiger partial charge in [-0.05, 0) is 50.7 Å². The molecule has 0 aromatic heterocycles. The monoisotopic (exact) mass is 261 g/mol. The van der Waals surface area contributed by atoms with Crippen molar-refractivity contribution in [2.24, 2.45) is 0 Å². The molecule has 1 aliphatic rings. The Labute approximate surface area is 115 Å². The Balaban J connectivity index is 2.14. The lowest BCUT2D eigenvalue weighted by Crippen LogP contribution is -2.34. The van der Waals surface area contributed by atoms with E-state index in [-0.39, 0.29) is 5.91 Å². The van der Waals surface area contributed by atoms with Gasteiger partial charge in [-0.3, -0.25) is 4.79 Å². The Bertz CT molecular complexity index is 459. The van der Waals surface area contributed by atoms with Crippen LogP contribution in [-0.2, 0) is 0 Å². The van der Waals surface area contributed by atoms with E-state index in [9.17, 15) is 4.79 Å². The normalized spacial score (nSPS) is 17.1. The van der Waals surface area contributed by atoms with Crippen molar-refractivity contribution in [3.63, 3.8) is 0 Å². The summed E-state index contributed by atoms with van der Waals surface area (Å²) in [5.41, 5.74) is 2.91. The average molecular weight is 261 g/mol. The van der Waals surface area contributed by atoms with Crippen molar-refractivity contribution in [2.45, 2.75) is 13.3 Å². The van der Waals surface area contributed by atoms with Crippen molar-refractivity contribution in [1.82, 2.24) is 9.80 Å². The molecular weight excluding hydrogens is 238 g/mol. The summed E-state index contributed by atoms with van der Waals surface area (Å²) in [5.74, 6) is 0.162. The van der Waals surface area contributed by atoms with Crippen LogP contribution in [0.25, 0.3) is 0 Å². The number of hydrogen-bond donors (Lipinski definition) is 1. The summed E-state index contributed by atoms with van der Waals surface area (Å²) in [6, 6.07) is 5.92. The molecule has 0 saturated carbocycles. The fourth-order valence-corrected chi connectivity index (χ4v) is 2.48. The molecule has 1 aromatic carbocycles. The molecule has 1 amide bonds. The largest absolute Gasteiger partial charge is 0.388 e. The molecule has 1 aliphatic heterocycles. The van der Waals surface area contributed by atoms with Crippen LogP contribution in [0.15, 0.2) is 18.2 Å². The van der Waals surface area contributed by atoms with Gasteiger partial charge in [0.25, 0.3) is 5.91 Å². The van der Waals surface area contributed by atoms with E-state index in [0.717, 1.165) is 49.4 Å². The highest BCUT2D eigenvalue weighted by atomic mass is 16.2. The summed E-state index contributed by atoms with van der Waals surface area (Å²) >= 11 is 0. The van der Waals surface area contributed by atoms with Crippen LogP contribution in [0.4, 0.5) is 5.69 Å². The number of likely N-dealkylation sites (N-methyl/N-ethyl adjacent to an activating group) is 1. The van der Waals surface area contributed by atoms with E-state index in [2.05, 4.69) is 17.3 Å². The first-order valence-electron chi connectivity index (χ1n) is 6.88. The second-order valence-electron chi connectivity index (χ2n) is 5.23. The molecule has 1 aromatic rings. The number of carbonyl (C=O) groups excluding carboxylic acids is 1. The van der Waals surface area contributed by atoms with E-state index >= 15 is 0 Å². The van der Waals surface area contributed by atoms with Gasteiger partial charge in [0.1, 0.15) is 0 Å². The number of amides is 1. The van der Waals surface area contributed by atoms with Crippen molar-refractivity contribution in [3.05, 3.63) is 29.3 Å². The van der Waals surface area contributed by atoms with Gasteiger partial charge in [0.15, 0.2) is 0 Å². The lowest BCUT2D eigenvalue weighted by atomic mass is 10.1. The lowest BCUT2D eigenvalue weighted by molar-refractivity contribution is 0.0762. The van der Waals surface area contributed by atoms with Gasteiger partial charge < -0.3 is 15.1 Å². The first-order valence-corrected chi connectivity index (χ1v) is 6.88. The molecule has 0 radical (unpaired) electrons. The standard InChI is InChI=1S/C15H23N3O/c1-12-11-13(16-2)5-6-14(12)15(19)18-8-4-7-17(3)9-10-18/h5-6,11,16H,4,7-10H2,1-3H3. The van der Waals surface area contributed by atoms with Crippen molar-refractivity contribution in [1.29, 1.82) is 0 Å². The highest BCUT2D eigenvalue weighted by Gasteiger charge is 2.20. The summed E-state index contributed by atoms with van der Waals surface area (Å²) in [4.78, 5) is 16.8. The molecule has 0 bridgehead atoms. The number of carbonyl (C=O) groups is 1. The van der Waals surface area contributed by atoms with Crippen molar-refractivity contribution < 1.29 is 4.79 Å². The molecule has 1 saturated heterocycles. The molecule has 0 aliphatic carbocycles. The predicted molar refractivity (Wildman–Crippen MR) is 78.7 cm³/mol. The van der Waals surface area contributed by atoms with Crippen LogP contribution >= 0.6 is 0 Å². The summed E-state index contributed by atoms with van der Waals surface area (Å²) < 4.78 is 0. The highest BCUT2D eigenvalue weighted by Crippen LogP contribution is 2.17. The number of benzene rings is 1. The van der Waals surface area contributed by atoms with Gasteiger partial charge in [0.2, 0.25) is 0 Å². The molecule has 4 heteroatoms. The summed E-state index contributed by atoms with van der Waals surface area (Å²) in [6.07, 6.45) is 1.05. The third kappa shape index (κ3) is 3.26. The van der Waals surface area contributed by atoms with Gasteiger partial charge in [0, 0.05) is 37.9 Å². The molecule has 104 valence electrons. The average Bonchev–Trinajstić information content (AvgIpc) is 2.62. The number of nitrogens with zero attached hydrogens (tertiary/aromatic N) is 2. The molecule has 0 atom stereocenters. The van der Waals surface area contributed by atoms with E-state index in [1.807, 2.05) is 37.1 Å². The summed E-state index contributed by atoms with van der Waals surface area (Å²) in [5, 5.41) is 3.10. The molecule has 1 N–H and O–H groups in total. The van der Waals surface area contributed by atoms with Gasteiger partial charge in [0.05, 0.1) is 0 Å². The second kappa shape index (κ2) is 6.06. The Morgan fingerprint density at radius 1 is 1.21 bits per heavy atom. The van der Waals surface area contributed by atoms with Crippen LogP contribution in [0.1, 0.15) is 22.3 Å². The maximum atomic E-state index is 12.6. The van der Waals surface area contributed by atoms with Crippen molar-refractivity contribution >= 4 is 11.6 Å². The zero-order valence-electron chi connectivity index (χ0n) is 12.1. The lowest BCUT2D eigenvalue weighted by Gasteiger charge is -2.21. The Kier molecular flexibility index (Phi) is 4.43. The fourth-order valence-electron chi connectivity index (χ4n) is 2.48. The maximum Gasteiger partial charge on any atom is 0.254 e. The molecule has 4 nitrogen and oxygen atoms in total. The second-order valence-corrected chi connectivity index (χ2v) is 5.23. The Morgan fingerprint density at radius 2 is 2.00 bits per heavy atom. The van der Waals surface area contributed by atoms with E-state index in [4.69, 9.17) is 0 Å². The molecule has 1 heterocycles. The minimum absolute atomic E-state index is 0.162. The van der Waals surface area contributed by atoms with Gasteiger partial charge in [-0.25, -0.2) is 0 Å². The highest BCUT2D eigenvalue weighted by molar-refractivity contribution is 5.96. The number of anilines is 1. The maximum absolute atomic E-state index is 12.6. The SMILES string of the molecule is CNc1ccc(C(=O)N2CCCN(C)CC2)c(C)c1. The molecule has 1 fully saturated rings. The first-order chi connectivity index (χ1) is 9.11. The Hall–Kier alpha value is -1.55. The number of nitrogens with one attached hydrogen (secondary N) is 1. The van der Waals surface area contributed by atoms with Crippen molar-refractivity contribution in [3.8, 4) is 0 Å². The number of hydrogen-bond acceptors (Lipinski definition) is 3. The van der Waals surface area contributed by atoms with Gasteiger partial charge in [-0.15, -0.1) is 0 Å². The van der Waals surface area contributed by atoms with Crippen LogP contribution < -0.4 is 5.32 Å². The number of aryl methyl sites for hydroxylation is 1. The molecule has 2 rings (SSSR count). The zero-order chi connectivity index (χ0) is 13.8. The third-order valence-electron chi connectivity index (χ3n) is 3.75. The Morgan fingerprint density at radius 3 is 2.68 bits per heavy atom. The fraction of sp³-hybridized carbons (Fsp3) is 0.533. The number of rotatable bonds is 2. The third-order valence-corrected chi connectivity index (χ3v) is 3.75. The van der Waals surface area contributed by atoms with Crippen LogP contribution in [0, 0.1) is 6.92 Å². The van der Waals surface area contributed by atoms with Gasteiger partial charge in [-0.1, -0.05) is 0 Å². The zero-order valence-corrected chi connectivity index (χ0v) is 12.1. The smallest absolute Gasteiger partial charge is 0.254 e. The van der Waals surface area contributed by atoms with Gasteiger partial charge >= 0.3 is 0 Å². The van der Waals surface area contributed by atoms with Crippen LogP contribution in [-0.4, -0.2) is 56.0 Å². The summed E-state index contributed by atoms with van der Waals surface area (Å²) in [7, 11) is 4.00. The van der Waals surface area contributed by atoms with E-state index in [1.54, 1.807) is 0 Å². The minimum Gasteiger partial charge on any atom is -0.388 e. The van der Waals surface area contributed by atoms with Crippen LogP contribution in [0.5, 0.6) is 0 Å². The van der Waals surface area contributed by atoms with Crippen molar-refractivity contribution in [2.75, 3.05) is 45.6 Å². The van der Waals surface area contributed by atoms with Crippen LogP contribution in [0.2, 0.25) is 0 Å². The molecule has 0 spiro atoms. The molecule has 0 unspecified atom stereocenters. The van der Waals surface area contributed by atoms with E-state index in [0.29, 0.717) is 0 Å². The van der Waals surface area contributed by atoms with E-state index < -0.39 is 0 Å². The predicted octanol–water partition coefficient (Wildman–Crippen LogP) is 1.81. The summed E-state index contributed by atoms with van der Waals surface area (Å²) in [6.45, 7) is 5.71. The minimum atomic E-state index is 0.162. The van der Waals surface area contributed by atoms with Crippen LogP contribution in [0.3, 0.4) is 0 Å². The first kappa shape index (κ1) is 13.9. The topological polar surface area (TPSA) is 35.6 Å².